The smallest absolute Gasteiger partial charge is 0.125 e. The van der Waals surface area contributed by atoms with Gasteiger partial charge in [0.05, 0.1) is 5.69 Å². The van der Waals surface area contributed by atoms with Crippen LogP contribution in [0.4, 0.5) is 5.82 Å². The SMILES string of the molecule is CC(C)Nc1cc(C2CC2)nn1C(C)C. The molecule has 15 heavy (non-hydrogen) atoms. The first kappa shape index (κ1) is 10.5. The molecule has 1 aromatic heterocycles. The Kier molecular flexibility index (Phi) is 2.72. The minimum Gasteiger partial charge on any atom is -0.368 e. The first-order valence-electron chi connectivity index (χ1n) is 5.94. The molecule has 0 spiro atoms. The van der Waals surface area contributed by atoms with Gasteiger partial charge in [-0.2, -0.15) is 5.10 Å². The van der Waals surface area contributed by atoms with Gasteiger partial charge in [-0.15, -0.1) is 0 Å². The van der Waals surface area contributed by atoms with Crippen molar-refractivity contribution in [2.24, 2.45) is 0 Å². The molecule has 1 aliphatic carbocycles. The largest absolute Gasteiger partial charge is 0.368 e. The predicted molar refractivity (Wildman–Crippen MR) is 63.3 cm³/mol. The number of rotatable bonds is 4. The second-order valence-electron chi connectivity index (χ2n) is 5.07. The molecule has 84 valence electrons. The highest BCUT2D eigenvalue weighted by Gasteiger charge is 2.27. The highest BCUT2D eigenvalue weighted by molar-refractivity contribution is 5.40. The summed E-state index contributed by atoms with van der Waals surface area (Å²) >= 11 is 0. The zero-order valence-electron chi connectivity index (χ0n) is 10.1. The fourth-order valence-corrected chi connectivity index (χ4v) is 1.79. The van der Waals surface area contributed by atoms with E-state index < -0.39 is 0 Å². The van der Waals surface area contributed by atoms with Gasteiger partial charge in [-0.05, 0) is 40.5 Å². The number of anilines is 1. The molecule has 1 N–H and O–H groups in total. The molecule has 3 heteroatoms. The Bertz CT molecular complexity index is 335. The number of nitrogens with one attached hydrogen (secondary N) is 1. The molecule has 1 heterocycles. The van der Waals surface area contributed by atoms with E-state index in [2.05, 4.69) is 48.9 Å². The van der Waals surface area contributed by atoms with E-state index >= 15 is 0 Å². The van der Waals surface area contributed by atoms with E-state index in [9.17, 15) is 0 Å². The van der Waals surface area contributed by atoms with E-state index in [-0.39, 0.29) is 0 Å². The standard InChI is InChI=1S/C12H21N3/c1-8(2)13-12-7-11(10-5-6-10)14-15(12)9(3)4/h7-10,13H,5-6H2,1-4H3. The van der Waals surface area contributed by atoms with E-state index in [0.29, 0.717) is 12.1 Å². The molecule has 0 aliphatic heterocycles. The van der Waals surface area contributed by atoms with Crippen LogP contribution in [0.2, 0.25) is 0 Å². The van der Waals surface area contributed by atoms with E-state index in [1.807, 2.05) is 0 Å². The Hall–Kier alpha value is -0.990. The summed E-state index contributed by atoms with van der Waals surface area (Å²) in [4.78, 5) is 0. The molecule has 0 bridgehead atoms. The van der Waals surface area contributed by atoms with Gasteiger partial charge in [-0.3, -0.25) is 0 Å². The normalized spacial score (nSPS) is 16.4. The van der Waals surface area contributed by atoms with E-state index in [4.69, 9.17) is 0 Å². The summed E-state index contributed by atoms with van der Waals surface area (Å²) < 4.78 is 2.10. The van der Waals surface area contributed by atoms with Gasteiger partial charge in [-0.1, -0.05) is 0 Å². The molecule has 1 aliphatic rings. The van der Waals surface area contributed by atoms with Gasteiger partial charge in [0.25, 0.3) is 0 Å². The summed E-state index contributed by atoms with van der Waals surface area (Å²) in [5.74, 6) is 1.90. The zero-order valence-corrected chi connectivity index (χ0v) is 10.1. The van der Waals surface area contributed by atoms with Crippen molar-refractivity contribution < 1.29 is 0 Å². The van der Waals surface area contributed by atoms with Gasteiger partial charge in [0.15, 0.2) is 0 Å². The Morgan fingerprint density at radius 2 is 2.00 bits per heavy atom. The van der Waals surface area contributed by atoms with Crippen LogP contribution in [0.1, 0.15) is 58.2 Å². The summed E-state index contributed by atoms with van der Waals surface area (Å²) in [5.41, 5.74) is 1.27. The maximum absolute atomic E-state index is 4.68. The van der Waals surface area contributed by atoms with Crippen LogP contribution >= 0.6 is 0 Å². The number of nitrogens with zero attached hydrogens (tertiary/aromatic N) is 2. The van der Waals surface area contributed by atoms with Gasteiger partial charge < -0.3 is 5.32 Å². The van der Waals surface area contributed by atoms with Gasteiger partial charge in [-0.25, -0.2) is 4.68 Å². The van der Waals surface area contributed by atoms with E-state index in [1.165, 1.54) is 24.4 Å². The van der Waals surface area contributed by atoms with Crippen LogP contribution in [0.5, 0.6) is 0 Å². The first-order chi connectivity index (χ1) is 7.08. The van der Waals surface area contributed by atoms with Crippen molar-refractivity contribution >= 4 is 5.82 Å². The molecular formula is C12H21N3. The fraction of sp³-hybridized carbons (Fsp3) is 0.750. The minimum atomic E-state index is 0.429. The molecule has 0 aromatic carbocycles. The summed E-state index contributed by atoms with van der Waals surface area (Å²) in [6.07, 6.45) is 2.63. The second kappa shape index (κ2) is 3.87. The fourth-order valence-electron chi connectivity index (χ4n) is 1.79. The number of aromatic nitrogens is 2. The van der Waals surface area contributed by atoms with Crippen LogP contribution in [0, 0.1) is 0 Å². The molecule has 0 unspecified atom stereocenters. The van der Waals surface area contributed by atoms with Crippen LogP contribution in [0.3, 0.4) is 0 Å². The summed E-state index contributed by atoms with van der Waals surface area (Å²) in [6, 6.07) is 3.11. The highest BCUT2D eigenvalue weighted by Crippen LogP contribution is 2.40. The summed E-state index contributed by atoms with van der Waals surface area (Å²) in [6.45, 7) is 8.67. The Balaban J connectivity index is 2.24. The van der Waals surface area contributed by atoms with Crippen LogP contribution in [0.15, 0.2) is 6.07 Å². The molecule has 0 atom stereocenters. The van der Waals surface area contributed by atoms with Gasteiger partial charge in [0.1, 0.15) is 5.82 Å². The van der Waals surface area contributed by atoms with Gasteiger partial charge in [0.2, 0.25) is 0 Å². The molecular weight excluding hydrogens is 186 g/mol. The third-order valence-electron chi connectivity index (χ3n) is 2.68. The van der Waals surface area contributed by atoms with Crippen molar-refractivity contribution in [3.63, 3.8) is 0 Å². The Morgan fingerprint density at radius 3 is 2.47 bits per heavy atom. The quantitative estimate of drug-likeness (QED) is 0.822. The topological polar surface area (TPSA) is 29.9 Å². The Labute approximate surface area is 91.9 Å². The van der Waals surface area contributed by atoms with Crippen LogP contribution in [-0.2, 0) is 0 Å². The number of hydrogen-bond acceptors (Lipinski definition) is 2. The lowest BCUT2D eigenvalue weighted by atomic mass is 10.3. The van der Waals surface area contributed by atoms with Crippen LogP contribution < -0.4 is 5.32 Å². The zero-order chi connectivity index (χ0) is 11.0. The first-order valence-corrected chi connectivity index (χ1v) is 5.94. The van der Waals surface area contributed by atoms with Crippen molar-refractivity contribution in [3.8, 4) is 0 Å². The maximum atomic E-state index is 4.68. The van der Waals surface area contributed by atoms with Gasteiger partial charge in [0, 0.05) is 24.1 Å². The molecule has 0 amide bonds. The lowest BCUT2D eigenvalue weighted by Gasteiger charge is -2.14. The molecule has 0 radical (unpaired) electrons. The van der Waals surface area contributed by atoms with E-state index in [0.717, 1.165) is 5.92 Å². The lowest BCUT2D eigenvalue weighted by Crippen LogP contribution is -2.15. The molecule has 1 saturated carbocycles. The highest BCUT2D eigenvalue weighted by atomic mass is 15.3. The predicted octanol–water partition coefficient (Wildman–Crippen LogP) is 3.16. The summed E-state index contributed by atoms with van der Waals surface area (Å²) in [5, 5.41) is 8.14. The van der Waals surface area contributed by atoms with Crippen molar-refractivity contribution in [2.45, 2.75) is 58.5 Å². The average Bonchev–Trinajstić information content (AvgIpc) is 2.88. The lowest BCUT2D eigenvalue weighted by molar-refractivity contribution is 0.529. The molecule has 0 saturated heterocycles. The van der Waals surface area contributed by atoms with Crippen molar-refractivity contribution in [3.05, 3.63) is 11.8 Å². The second-order valence-corrected chi connectivity index (χ2v) is 5.07. The van der Waals surface area contributed by atoms with Crippen molar-refractivity contribution in [1.29, 1.82) is 0 Å². The third kappa shape index (κ3) is 2.33. The molecule has 1 aromatic rings. The number of hydrogen-bond donors (Lipinski definition) is 1. The molecule has 3 nitrogen and oxygen atoms in total. The van der Waals surface area contributed by atoms with Crippen molar-refractivity contribution in [2.75, 3.05) is 5.32 Å². The minimum absolute atomic E-state index is 0.429. The van der Waals surface area contributed by atoms with Crippen molar-refractivity contribution in [1.82, 2.24) is 9.78 Å². The summed E-state index contributed by atoms with van der Waals surface area (Å²) in [7, 11) is 0. The van der Waals surface area contributed by atoms with Crippen LogP contribution in [-0.4, -0.2) is 15.8 Å². The van der Waals surface area contributed by atoms with Gasteiger partial charge >= 0.3 is 0 Å². The Morgan fingerprint density at radius 1 is 1.33 bits per heavy atom. The monoisotopic (exact) mass is 207 g/mol. The maximum Gasteiger partial charge on any atom is 0.125 e. The molecule has 1 fully saturated rings. The van der Waals surface area contributed by atoms with E-state index in [1.54, 1.807) is 0 Å². The van der Waals surface area contributed by atoms with Crippen LogP contribution in [0.25, 0.3) is 0 Å². The third-order valence-corrected chi connectivity index (χ3v) is 2.68. The average molecular weight is 207 g/mol. The molecule has 2 rings (SSSR count).